The molecule has 0 aromatic heterocycles. The monoisotopic (exact) mass is 593 g/mol. The molecule has 3 aromatic rings. The quantitative estimate of drug-likeness (QED) is 0.130. The summed E-state index contributed by atoms with van der Waals surface area (Å²) in [5, 5.41) is 6.69. The van der Waals surface area contributed by atoms with E-state index in [1.165, 1.54) is 50.8 Å². The maximum Gasteiger partial charge on any atom is 0.343 e. The molecule has 2 amide bonds. The van der Waals surface area contributed by atoms with E-state index in [2.05, 4.69) is 31.8 Å². The van der Waals surface area contributed by atoms with E-state index >= 15 is 0 Å². The number of anilines is 1. The molecule has 3 rings (SSSR count). The zero-order valence-corrected chi connectivity index (χ0v) is 21.9. The van der Waals surface area contributed by atoms with E-state index < -0.39 is 17.8 Å². The summed E-state index contributed by atoms with van der Waals surface area (Å²) in [7, 11) is 2.94. The molecule has 0 aliphatic rings. The Morgan fingerprint density at radius 1 is 0.861 bits per heavy atom. The van der Waals surface area contributed by atoms with Crippen LogP contribution in [0.25, 0.3) is 0 Å². The number of esters is 1. The highest BCUT2D eigenvalue weighted by molar-refractivity contribution is 9.10. The van der Waals surface area contributed by atoms with E-state index in [4.69, 9.17) is 37.4 Å². The molecule has 0 spiro atoms. The Kier molecular flexibility index (Phi) is 9.29. The van der Waals surface area contributed by atoms with Gasteiger partial charge in [-0.2, -0.15) is 5.10 Å². The topological polar surface area (TPSA) is 115 Å². The van der Waals surface area contributed by atoms with Crippen molar-refractivity contribution in [1.29, 1.82) is 0 Å². The predicted octanol–water partition coefficient (Wildman–Crippen LogP) is 5.08. The van der Waals surface area contributed by atoms with E-state index in [9.17, 15) is 14.4 Å². The lowest BCUT2D eigenvalue weighted by Gasteiger charge is -2.11. The van der Waals surface area contributed by atoms with Crippen LogP contribution in [0.5, 0.6) is 17.2 Å². The molecule has 36 heavy (non-hydrogen) atoms. The third kappa shape index (κ3) is 6.97. The Morgan fingerprint density at radius 3 is 2.28 bits per heavy atom. The molecule has 3 aromatic carbocycles. The van der Waals surface area contributed by atoms with Crippen LogP contribution in [-0.2, 0) is 9.59 Å². The van der Waals surface area contributed by atoms with Gasteiger partial charge in [0, 0.05) is 15.7 Å². The number of rotatable bonds is 7. The Hall–Kier alpha value is -3.60. The van der Waals surface area contributed by atoms with Crippen molar-refractivity contribution in [3.8, 4) is 17.2 Å². The molecule has 0 atom stereocenters. The van der Waals surface area contributed by atoms with Gasteiger partial charge in [0.05, 0.1) is 36.0 Å². The number of methoxy groups -OCH3 is 2. The number of nitrogens with zero attached hydrogens (tertiary/aromatic N) is 1. The van der Waals surface area contributed by atoms with E-state index in [0.29, 0.717) is 26.6 Å². The number of benzene rings is 3. The molecule has 0 radical (unpaired) electrons. The van der Waals surface area contributed by atoms with E-state index in [1.807, 2.05) is 0 Å². The number of ether oxygens (including phenoxy) is 3. The van der Waals surface area contributed by atoms with E-state index in [-0.39, 0.29) is 22.0 Å². The van der Waals surface area contributed by atoms with Crippen LogP contribution in [0.2, 0.25) is 10.0 Å². The van der Waals surface area contributed by atoms with Crippen LogP contribution in [0.4, 0.5) is 5.69 Å². The molecule has 0 heterocycles. The summed E-state index contributed by atoms with van der Waals surface area (Å²) in [5.41, 5.74) is 2.97. The molecule has 9 nitrogen and oxygen atoms in total. The summed E-state index contributed by atoms with van der Waals surface area (Å²) in [6, 6.07) is 13.8. The second-order valence-electron chi connectivity index (χ2n) is 6.92. The third-order valence-corrected chi connectivity index (χ3v) is 5.78. The smallest absolute Gasteiger partial charge is 0.343 e. The van der Waals surface area contributed by atoms with Gasteiger partial charge in [0.1, 0.15) is 5.75 Å². The van der Waals surface area contributed by atoms with Gasteiger partial charge in [-0.15, -0.1) is 0 Å². The fraction of sp³-hybridized carbons (Fsp3) is 0.0833. The third-order valence-electron chi connectivity index (χ3n) is 4.55. The van der Waals surface area contributed by atoms with Gasteiger partial charge in [-0.05, 0) is 54.6 Å². The number of carbonyl (C=O) groups excluding carboxylic acids is 3. The molecule has 0 saturated carbocycles. The first-order chi connectivity index (χ1) is 17.2. The number of hydrogen-bond donors (Lipinski definition) is 2. The summed E-state index contributed by atoms with van der Waals surface area (Å²) in [4.78, 5) is 36.9. The number of nitrogens with one attached hydrogen (secondary N) is 2. The molecular weight excluding hydrogens is 577 g/mol. The molecule has 0 unspecified atom stereocenters. The Morgan fingerprint density at radius 2 is 1.58 bits per heavy atom. The van der Waals surface area contributed by atoms with Crippen LogP contribution in [0.3, 0.4) is 0 Å². The van der Waals surface area contributed by atoms with Gasteiger partial charge in [-0.3, -0.25) is 9.59 Å². The summed E-state index contributed by atoms with van der Waals surface area (Å²) in [5.74, 6) is -1.67. The van der Waals surface area contributed by atoms with Crippen molar-refractivity contribution in [2.45, 2.75) is 0 Å². The van der Waals surface area contributed by atoms with E-state index in [0.717, 1.165) is 0 Å². The molecule has 12 heteroatoms. The van der Waals surface area contributed by atoms with Crippen molar-refractivity contribution in [2.24, 2.45) is 5.10 Å². The first kappa shape index (κ1) is 27.0. The Bertz CT molecular complexity index is 1350. The molecule has 0 bridgehead atoms. The highest BCUT2D eigenvalue weighted by Crippen LogP contribution is 2.29. The second-order valence-corrected chi connectivity index (χ2v) is 8.65. The van der Waals surface area contributed by atoms with Crippen molar-refractivity contribution in [3.05, 3.63) is 80.2 Å². The van der Waals surface area contributed by atoms with Gasteiger partial charge in [0.2, 0.25) is 0 Å². The molecule has 186 valence electrons. The highest BCUT2D eigenvalue weighted by Gasteiger charge is 2.16. The van der Waals surface area contributed by atoms with Crippen molar-refractivity contribution in [1.82, 2.24) is 5.43 Å². The summed E-state index contributed by atoms with van der Waals surface area (Å²) < 4.78 is 16.6. The van der Waals surface area contributed by atoms with Gasteiger partial charge in [-0.1, -0.05) is 39.1 Å². The average molecular weight is 595 g/mol. The fourth-order valence-corrected chi connectivity index (χ4v) is 3.48. The summed E-state index contributed by atoms with van der Waals surface area (Å²) in [6.45, 7) is 0. The number of halogens is 3. The molecule has 0 aliphatic heterocycles. The average Bonchev–Trinajstić information content (AvgIpc) is 2.87. The van der Waals surface area contributed by atoms with Crippen LogP contribution in [0.15, 0.2) is 64.2 Å². The SMILES string of the molecule is COc1ccc(C(=O)Oc2ccc(Br)cc2/C=N/NC(=O)C(=O)Nc2ccc(Cl)c(Cl)c2)cc1OC. The summed E-state index contributed by atoms with van der Waals surface area (Å²) >= 11 is 15.1. The normalized spacial score (nSPS) is 10.6. The van der Waals surface area contributed by atoms with Gasteiger partial charge >= 0.3 is 17.8 Å². The lowest BCUT2D eigenvalue weighted by Crippen LogP contribution is -2.32. The van der Waals surface area contributed by atoms with Crippen molar-refractivity contribution < 1.29 is 28.6 Å². The van der Waals surface area contributed by atoms with Crippen molar-refractivity contribution >= 4 is 68.8 Å². The zero-order chi connectivity index (χ0) is 26.2. The molecule has 2 N–H and O–H groups in total. The Balaban J connectivity index is 1.69. The lowest BCUT2D eigenvalue weighted by molar-refractivity contribution is -0.136. The zero-order valence-electron chi connectivity index (χ0n) is 18.8. The van der Waals surface area contributed by atoms with Crippen LogP contribution in [-0.4, -0.2) is 38.2 Å². The van der Waals surface area contributed by atoms with Crippen LogP contribution < -0.4 is 25.0 Å². The molecular formula is C24H18BrCl2N3O6. The fourth-order valence-electron chi connectivity index (χ4n) is 2.81. The minimum atomic E-state index is -1.03. The van der Waals surface area contributed by atoms with Gasteiger partial charge in [0.25, 0.3) is 0 Å². The maximum atomic E-state index is 12.7. The highest BCUT2D eigenvalue weighted by atomic mass is 79.9. The second kappa shape index (κ2) is 12.4. The predicted molar refractivity (Wildman–Crippen MR) is 139 cm³/mol. The van der Waals surface area contributed by atoms with Crippen molar-refractivity contribution in [2.75, 3.05) is 19.5 Å². The van der Waals surface area contributed by atoms with Gasteiger partial charge in [-0.25, -0.2) is 10.2 Å². The van der Waals surface area contributed by atoms with Gasteiger partial charge < -0.3 is 19.5 Å². The largest absolute Gasteiger partial charge is 0.493 e. The summed E-state index contributed by atoms with van der Waals surface area (Å²) in [6.07, 6.45) is 1.23. The lowest BCUT2D eigenvalue weighted by atomic mass is 10.2. The minimum absolute atomic E-state index is 0.163. The van der Waals surface area contributed by atoms with Crippen LogP contribution in [0, 0.1) is 0 Å². The number of amides is 2. The Labute approximate surface area is 224 Å². The van der Waals surface area contributed by atoms with E-state index in [1.54, 1.807) is 24.3 Å². The standard InChI is InChI=1S/C24H18BrCl2N3O6/c1-34-20-7-3-13(10-21(20)35-2)24(33)36-19-8-4-15(25)9-14(19)12-28-30-23(32)22(31)29-16-5-6-17(26)18(27)11-16/h3-12H,1-2H3,(H,29,31)(H,30,32)/b28-12+. The molecule has 0 aliphatic carbocycles. The number of hydrazone groups is 1. The number of hydrogen-bond acceptors (Lipinski definition) is 7. The van der Waals surface area contributed by atoms with Crippen LogP contribution in [0.1, 0.15) is 15.9 Å². The minimum Gasteiger partial charge on any atom is -0.493 e. The van der Waals surface area contributed by atoms with Gasteiger partial charge in [0.15, 0.2) is 11.5 Å². The number of carbonyl (C=O) groups is 3. The first-order valence-electron chi connectivity index (χ1n) is 10.0. The van der Waals surface area contributed by atoms with Crippen molar-refractivity contribution in [3.63, 3.8) is 0 Å². The molecule has 0 saturated heterocycles. The van der Waals surface area contributed by atoms with Crippen LogP contribution >= 0.6 is 39.1 Å². The maximum absolute atomic E-state index is 12.7. The first-order valence-corrected chi connectivity index (χ1v) is 11.6. The molecule has 0 fully saturated rings.